The Labute approximate surface area is 123 Å². The van der Waals surface area contributed by atoms with Crippen molar-refractivity contribution in [2.45, 2.75) is 24.6 Å². The van der Waals surface area contributed by atoms with Gasteiger partial charge in [0.15, 0.2) is 12.4 Å². The van der Waals surface area contributed by atoms with E-state index in [1.54, 1.807) is 6.92 Å². The molecule has 0 radical (unpaired) electrons. The molecule has 0 spiro atoms. The van der Waals surface area contributed by atoms with Crippen LogP contribution in [0.1, 0.15) is 25.1 Å². The van der Waals surface area contributed by atoms with E-state index in [0.717, 1.165) is 11.3 Å². The van der Waals surface area contributed by atoms with Gasteiger partial charge in [-0.25, -0.2) is 22.5 Å². The normalized spacial score (nSPS) is 13.0. The van der Waals surface area contributed by atoms with E-state index in [-0.39, 0.29) is 10.9 Å². The van der Waals surface area contributed by atoms with Crippen LogP contribution in [-0.2, 0) is 9.84 Å². The summed E-state index contributed by atoms with van der Waals surface area (Å²) in [4.78, 5) is 4.03. The first-order valence-electron chi connectivity index (χ1n) is 5.85. The molecule has 1 aromatic heterocycles. The molecule has 0 atom stereocenters. The maximum absolute atomic E-state index is 12.7. The van der Waals surface area contributed by atoms with Crippen LogP contribution in [0.25, 0.3) is 0 Å². The Hall–Kier alpha value is -1.42. The molecule has 0 bridgehead atoms. The van der Waals surface area contributed by atoms with E-state index in [2.05, 4.69) is 4.98 Å². The van der Waals surface area contributed by atoms with E-state index in [1.165, 1.54) is 13.1 Å². The molecule has 0 aliphatic rings. The van der Waals surface area contributed by atoms with Crippen molar-refractivity contribution < 1.29 is 26.3 Å². The largest absolute Gasteiger partial charge is 0.624 e. The Morgan fingerprint density at radius 1 is 1.43 bits per heavy atom. The smallest absolute Gasteiger partial charge is 0.301 e. The van der Waals surface area contributed by atoms with Gasteiger partial charge in [0.2, 0.25) is 19.9 Å². The number of halogens is 3. The Morgan fingerprint density at radius 2 is 2.05 bits per heavy atom. The fourth-order valence-electron chi connectivity index (χ4n) is 1.34. The zero-order valence-electron chi connectivity index (χ0n) is 11.3. The van der Waals surface area contributed by atoms with Gasteiger partial charge in [-0.15, -0.1) is 0 Å². The molecule has 0 amide bonds. The number of hydroxylamine groups is 1. The second-order valence-electron chi connectivity index (χ2n) is 4.00. The van der Waals surface area contributed by atoms with Crippen LogP contribution in [0, 0.1) is 5.21 Å². The van der Waals surface area contributed by atoms with E-state index >= 15 is 0 Å². The van der Waals surface area contributed by atoms with Crippen molar-refractivity contribution in [3.63, 3.8) is 0 Å². The number of sulfone groups is 1. The zero-order valence-corrected chi connectivity index (χ0v) is 12.9. The third kappa shape index (κ3) is 4.53. The zero-order chi connectivity index (χ0) is 16.2. The molecule has 0 aliphatic carbocycles. The summed E-state index contributed by atoms with van der Waals surface area (Å²) in [7, 11) is -3.97. The van der Waals surface area contributed by atoms with Crippen molar-refractivity contribution in [3.05, 3.63) is 28.2 Å². The number of aromatic nitrogens is 1. The van der Waals surface area contributed by atoms with Gasteiger partial charge in [-0.3, -0.25) is 0 Å². The second kappa shape index (κ2) is 7.03. The molecule has 0 aliphatic heterocycles. The monoisotopic (exact) mass is 342 g/mol. The quantitative estimate of drug-likeness (QED) is 0.345. The van der Waals surface area contributed by atoms with Crippen LogP contribution in [-0.4, -0.2) is 36.1 Å². The molecule has 1 rings (SSSR count). The van der Waals surface area contributed by atoms with Gasteiger partial charge in [0, 0.05) is 13.3 Å². The first-order valence-corrected chi connectivity index (χ1v) is 8.32. The van der Waals surface area contributed by atoms with Crippen molar-refractivity contribution >= 4 is 26.9 Å². The number of hydrogen-bond donors (Lipinski definition) is 0. The molecular formula is C11H13F3N2O3S2. The lowest BCUT2D eigenvalue weighted by Crippen LogP contribution is -2.12. The molecule has 1 heterocycles. The van der Waals surface area contributed by atoms with E-state index in [0.29, 0.717) is 15.3 Å². The lowest BCUT2D eigenvalue weighted by molar-refractivity contribution is -0.453. The van der Waals surface area contributed by atoms with Crippen molar-refractivity contribution in [3.8, 4) is 0 Å². The summed E-state index contributed by atoms with van der Waals surface area (Å²) in [6.07, 6.45) is -2.22. The van der Waals surface area contributed by atoms with Gasteiger partial charge in [-0.05, 0) is 6.92 Å². The molecular weight excluding hydrogens is 329 g/mol. The summed E-state index contributed by atoms with van der Waals surface area (Å²) < 4.78 is 60.5. The van der Waals surface area contributed by atoms with Gasteiger partial charge >= 0.3 is 6.08 Å². The highest BCUT2D eigenvalue weighted by Gasteiger charge is 2.22. The molecule has 0 saturated heterocycles. The topological polar surface area (TPSA) is 73.1 Å². The summed E-state index contributed by atoms with van der Waals surface area (Å²) in [6.45, 7) is 3.34. The molecule has 10 heteroatoms. The summed E-state index contributed by atoms with van der Waals surface area (Å²) in [6, 6.07) is 0. The molecule has 21 heavy (non-hydrogen) atoms. The number of nitrogens with zero attached hydrogens (tertiary/aromatic N) is 2. The number of allylic oxidation sites excluding steroid dienone is 1. The minimum atomic E-state index is -3.97. The summed E-state index contributed by atoms with van der Waals surface area (Å²) >= 11 is 0.748. The van der Waals surface area contributed by atoms with Crippen LogP contribution in [0.2, 0.25) is 0 Å². The van der Waals surface area contributed by atoms with Gasteiger partial charge < -0.3 is 5.21 Å². The fraction of sp³-hybridized carbons (Fsp3) is 0.455. The highest BCUT2D eigenvalue weighted by Crippen LogP contribution is 2.22. The highest BCUT2D eigenvalue weighted by atomic mass is 32.2. The Balaban J connectivity index is 2.97. The maximum Gasteiger partial charge on any atom is 0.301 e. The summed E-state index contributed by atoms with van der Waals surface area (Å²) in [5, 5.41) is 11.4. The lowest BCUT2D eigenvalue weighted by Gasteiger charge is -2.02. The third-order valence-corrected chi connectivity index (χ3v) is 5.86. The van der Waals surface area contributed by atoms with E-state index in [4.69, 9.17) is 0 Å². The molecule has 1 aromatic rings. The van der Waals surface area contributed by atoms with Crippen LogP contribution >= 0.6 is 11.3 Å². The van der Waals surface area contributed by atoms with E-state index < -0.39 is 33.9 Å². The average molecular weight is 342 g/mol. The standard InChI is InChI=1S/C11H13F3N2O3S2/c1-3-16(17)7(2)9-6-15-11(20-9)21(18,19)5-4-8(12)10(13)14/h6H,3-5H2,1-2H3/b16-7-. The van der Waals surface area contributed by atoms with Crippen molar-refractivity contribution in [1.29, 1.82) is 0 Å². The first-order chi connectivity index (χ1) is 9.69. The van der Waals surface area contributed by atoms with Crippen LogP contribution < -0.4 is 0 Å². The predicted molar refractivity (Wildman–Crippen MR) is 73.1 cm³/mol. The van der Waals surface area contributed by atoms with Crippen molar-refractivity contribution in [1.82, 2.24) is 4.98 Å². The van der Waals surface area contributed by atoms with Gasteiger partial charge in [-0.1, -0.05) is 11.3 Å². The van der Waals surface area contributed by atoms with E-state index in [1.807, 2.05) is 0 Å². The molecule has 0 N–H and O–H groups in total. The first kappa shape index (κ1) is 17.6. The average Bonchev–Trinajstić information content (AvgIpc) is 2.93. The fourth-order valence-corrected chi connectivity index (χ4v) is 3.85. The van der Waals surface area contributed by atoms with E-state index in [9.17, 15) is 26.8 Å². The lowest BCUT2D eigenvalue weighted by atomic mass is 10.4. The molecule has 0 unspecified atom stereocenters. The molecule has 0 fully saturated rings. The second-order valence-corrected chi connectivity index (χ2v) is 7.32. The van der Waals surface area contributed by atoms with Crippen LogP contribution in [0.15, 0.2) is 22.4 Å². The predicted octanol–water partition coefficient (Wildman–Crippen LogP) is 2.72. The van der Waals surface area contributed by atoms with Crippen LogP contribution in [0.5, 0.6) is 0 Å². The number of thiazole rings is 1. The molecule has 0 aromatic carbocycles. The molecule has 5 nitrogen and oxygen atoms in total. The SMILES string of the molecule is CC/[N+]([O-])=C(\C)c1cnc(S(=O)(=O)CCC(F)=C(F)F)s1. The van der Waals surface area contributed by atoms with Gasteiger partial charge in [0.05, 0.1) is 11.9 Å². The molecule has 0 saturated carbocycles. The summed E-state index contributed by atoms with van der Waals surface area (Å²) in [5.41, 5.74) is 0.303. The van der Waals surface area contributed by atoms with Crippen molar-refractivity contribution in [2.75, 3.05) is 12.3 Å². The number of hydrogen-bond acceptors (Lipinski definition) is 5. The Kier molecular flexibility index (Phi) is 5.90. The maximum atomic E-state index is 12.7. The Morgan fingerprint density at radius 3 is 2.57 bits per heavy atom. The third-order valence-electron chi connectivity index (χ3n) is 2.56. The van der Waals surface area contributed by atoms with Crippen LogP contribution in [0.3, 0.4) is 0 Å². The highest BCUT2D eigenvalue weighted by molar-refractivity contribution is 7.93. The van der Waals surface area contributed by atoms with Gasteiger partial charge in [-0.2, -0.15) is 8.78 Å². The van der Waals surface area contributed by atoms with Gasteiger partial charge in [0.1, 0.15) is 4.88 Å². The minimum Gasteiger partial charge on any atom is -0.624 e. The number of rotatable bonds is 6. The summed E-state index contributed by atoms with van der Waals surface area (Å²) in [5.74, 6) is -2.56. The molecule has 118 valence electrons. The minimum absolute atomic E-state index is 0.192. The Bertz CT molecular complexity index is 677. The van der Waals surface area contributed by atoms with Crippen molar-refractivity contribution in [2.24, 2.45) is 0 Å². The van der Waals surface area contributed by atoms with Gasteiger partial charge in [0.25, 0.3) is 0 Å². The van der Waals surface area contributed by atoms with Crippen LogP contribution in [0.4, 0.5) is 13.2 Å².